The van der Waals surface area contributed by atoms with E-state index in [-0.39, 0.29) is 12.0 Å². The maximum absolute atomic E-state index is 12.2. The summed E-state index contributed by atoms with van der Waals surface area (Å²) < 4.78 is 1.45. The number of carboxylic acid groups (broad SMARTS) is 1. The highest BCUT2D eigenvalue weighted by Gasteiger charge is 2.30. The van der Waals surface area contributed by atoms with Gasteiger partial charge in [0.05, 0.1) is 12.1 Å². The molecule has 1 fully saturated rings. The number of carbonyl (C=O) groups excluding carboxylic acids is 1. The minimum absolute atomic E-state index is 0.144. The molecule has 0 saturated heterocycles. The van der Waals surface area contributed by atoms with Crippen LogP contribution < -0.4 is 10.6 Å². The van der Waals surface area contributed by atoms with Crippen molar-refractivity contribution >= 4 is 17.8 Å². The zero-order valence-electron chi connectivity index (χ0n) is 14.1. The van der Waals surface area contributed by atoms with Crippen molar-refractivity contribution in [1.29, 1.82) is 0 Å². The number of aromatic nitrogens is 4. The van der Waals surface area contributed by atoms with Gasteiger partial charge in [-0.3, -0.25) is 10.1 Å². The van der Waals surface area contributed by atoms with Crippen LogP contribution >= 0.6 is 0 Å². The van der Waals surface area contributed by atoms with Crippen molar-refractivity contribution in [3.05, 3.63) is 29.7 Å². The topological polar surface area (TPSA) is 122 Å². The highest BCUT2D eigenvalue weighted by atomic mass is 16.4. The molecule has 0 radical (unpaired) electrons. The summed E-state index contributed by atoms with van der Waals surface area (Å²) in [6.45, 7) is 3.72. The van der Waals surface area contributed by atoms with Gasteiger partial charge in [0, 0.05) is 23.5 Å². The lowest BCUT2D eigenvalue weighted by Crippen LogP contribution is -2.37. The van der Waals surface area contributed by atoms with Gasteiger partial charge in [-0.25, -0.2) is 14.8 Å². The van der Waals surface area contributed by atoms with Gasteiger partial charge in [-0.1, -0.05) is 0 Å². The average molecular weight is 344 g/mol. The highest BCUT2D eigenvalue weighted by Crippen LogP contribution is 2.25. The van der Waals surface area contributed by atoms with Crippen LogP contribution in [-0.2, 0) is 4.79 Å². The van der Waals surface area contributed by atoms with Crippen molar-refractivity contribution in [2.45, 2.75) is 39.2 Å². The van der Waals surface area contributed by atoms with E-state index in [1.54, 1.807) is 12.3 Å². The third kappa shape index (κ3) is 3.93. The van der Waals surface area contributed by atoms with Gasteiger partial charge in [0.1, 0.15) is 5.82 Å². The molecule has 2 atom stereocenters. The van der Waals surface area contributed by atoms with Gasteiger partial charge >= 0.3 is 12.0 Å². The molecule has 3 N–H and O–H groups in total. The summed E-state index contributed by atoms with van der Waals surface area (Å²) in [6.07, 6.45) is 3.23. The van der Waals surface area contributed by atoms with Crippen LogP contribution in [0.5, 0.6) is 0 Å². The number of urea groups is 1. The molecule has 2 aromatic rings. The lowest BCUT2D eigenvalue weighted by Gasteiger charge is -2.14. The largest absolute Gasteiger partial charge is 0.481 e. The van der Waals surface area contributed by atoms with E-state index in [9.17, 15) is 9.59 Å². The maximum Gasteiger partial charge on any atom is 0.320 e. The molecule has 0 aromatic carbocycles. The normalized spacial score (nSPS) is 19.6. The maximum atomic E-state index is 12.2. The zero-order valence-corrected chi connectivity index (χ0v) is 14.1. The number of nitrogens with one attached hydrogen (secondary N) is 2. The third-order valence-electron chi connectivity index (χ3n) is 4.16. The molecule has 2 amide bonds. The van der Waals surface area contributed by atoms with E-state index in [1.165, 1.54) is 4.68 Å². The van der Waals surface area contributed by atoms with Crippen LogP contribution in [0.4, 0.5) is 10.6 Å². The lowest BCUT2D eigenvalue weighted by atomic mass is 10.1. The first kappa shape index (κ1) is 16.9. The van der Waals surface area contributed by atoms with E-state index in [2.05, 4.69) is 25.7 Å². The van der Waals surface area contributed by atoms with Gasteiger partial charge in [0.25, 0.3) is 5.95 Å². The van der Waals surface area contributed by atoms with Gasteiger partial charge in [-0.15, -0.1) is 0 Å². The van der Waals surface area contributed by atoms with E-state index in [0.717, 1.165) is 11.4 Å². The second kappa shape index (κ2) is 6.88. The summed E-state index contributed by atoms with van der Waals surface area (Å²) >= 11 is 0. The minimum atomic E-state index is -0.810. The molecule has 3 rings (SSSR count). The number of hydrogen-bond donors (Lipinski definition) is 3. The smallest absolute Gasteiger partial charge is 0.320 e. The van der Waals surface area contributed by atoms with Crippen molar-refractivity contribution in [1.82, 2.24) is 25.1 Å². The zero-order chi connectivity index (χ0) is 18.0. The Balaban J connectivity index is 1.67. The van der Waals surface area contributed by atoms with Gasteiger partial charge in [-0.2, -0.15) is 9.78 Å². The van der Waals surface area contributed by atoms with Crippen molar-refractivity contribution < 1.29 is 14.7 Å². The molecule has 9 heteroatoms. The lowest BCUT2D eigenvalue weighted by molar-refractivity contribution is -0.141. The summed E-state index contributed by atoms with van der Waals surface area (Å²) in [6, 6.07) is 2.96. The number of anilines is 1. The number of carbonyl (C=O) groups is 2. The molecule has 0 aliphatic heterocycles. The minimum Gasteiger partial charge on any atom is -0.481 e. The second-order valence-corrected chi connectivity index (χ2v) is 6.22. The summed E-state index contributed by atoms with van der Waals surface area (Å²) in [5, 5.41) is 18.7. The fourth-order valence-corrected chi connectivity index (χ4v) is 3.03. The van der Waals surface area contributed by atoms with Crippen LogP contribution in [0.3, 0.4) is 0 Å². The van der Waals surface area contributed by atoms with Crippen LogP contribution in [0.25, 0.3) is 5.95 Å². The number of nitrogens with zero attached hydrogens (tertiary/aromatic N) is 4. The highest BCUT2D eigenvalue weighted by molar-refractivity contribution is 5.88. The van der Waals surface area contributed by atoms with Crippen molar-refractivity contribution in [3.63, 3.8) is 0 Å². The molecular weight excluding hydrogens is 324 g/mol. The summed E-state index contributed by atoms with van der Waals surface area (Å²) in [5.41, 5.74) is 1.61. The van der Waals surface area contributed by atoms with Crippen LogP contribution in [0.2, 0.25) is 0 Å². The quantitative estimate of drug-likeness (QED) is 0.775. The Morgan fingerprint density at radius 1 is 1.24 bits per heavy atom. The Morgan fingerprint density at radius 2 is 1.96 bits per heavy atom. The summed E-state index contributed by atoms with van der Waals surface area (Å²) in [7, 11) is 0. The third-order valence-corrected chi connectivity index (χ3v) is 4.16. The first-order chi connectivity index (χ1) is 11.9. The Bertz CT molecular complexity index is 783. The molecule has 1 aliphatic carbocycles. The second-order valence-electron chi connectivity index (χ2n) is 6.22. The number of rotatable bonds is 4. The molecule has 25 heavy (non-hydrogen) atoms. The number of hydrogen-bond acceptors (Lipinski definition) is 5. The van der Waals surface area contributed by atoms with Gasteiger partial charge in [0.2, 0.25) is 0 Å². The fraction of sp³-hybridized carbons (Fsp3) is 0.438. The Hall–Kier alpha value is -2.97. The number of carboxylic acids is 1. The van der Waals surface area contributed by atoms with E-state index in [1.807, 2.05) is 19.9 Å². The number of aliphatic carboxylic acids is 1. The standard InChI is InChI=1S/C16H20N6O3/c1-9-7-10(2)19-15(18-9)22-13(5-6-17-22)21-16(25)20-12-4-3-11(8-12)14(23)24/h5-7,11-12H,3-4,8H2,1-2H3,(H,23,24)(H2,20,21,25)/t11-,12+/m0/s1. The Kier molecular flexibility index (Phi) is 4.64. The van der Waals surface area contributed by atoms with Crippen LogP contribution in [0, 0.1) is 19.8 Å². The van der Waals surface area contributed by atoms with E-state index in [0.29, 0.717) is 31.0 Å². The van der Waals surface area contributed by atoms with E-state index < -0.39 is 12.0 Å². The van der Waals surface area contributed by atoms with Crippen LogP contribution in [0.15, 0.2) is 18.3 Å². The van der Waals surface area contributed by atoms with Gasteiger partial charge < -0.3 is 10.4 Å². The molecule has 9 nitrogen and oxygen atoms in total. The van der Waals surface area contributed by atoms with Crippen molar-refractivity contribution in [2.75, 3.05) is 5.32 Å². The molecular formula is C16H20N6O3. The number of aryl methyl sites for hydroxylation is 2. The molecule has 1 aliphatic rings. The molecule has 0 unspecified atom stereocenters. The first-order valence-corrected chi connectivity index (χ1v) is 8.09. The monoisotopic (exact) mass is 344 g/mol. The van der Waals surface area contributed by atoms with E-state index >= 15 is 0 Å². The Morgan fingerprint density at radius 3 is 2.60 bits per heavy atom. The van der Waals surface area contributed by atoms with Crippen LogP contribution in [-0.4, -0.2) is 42.9 Å². The molecule has 1 saturated carbocycles. The van der Waals surface area contributed by atoms with Crippen molar-refractivity contribution in [3.8, 4) is 5.95 Å². The van der Waals surface area contributed by atoms with Gasteiger partial charge in [0.15, 0.2) is 0 Å². The predicted octanol–water partition coefficient (Wildman–Crippen LogP) is 1.65. The van der Waals surface area contributed by atoms with Crippen LogP contribution in [0.1, 0.15) is 30.7 Å². The number of amides is 2. The molecule has 0 spiro atoms. The summed E-state index contributed by atoms with van der Waals surface area (Å²) in [4.78, 5) is 31.9. The Labute approximate surface area is 144 Å². The summed E-state index contributed by atoms with van der Waals surface area (Å²) in [5.74, 6) is -0.380. The first-order valence-electron chi connectivity index (χ1n) is 8.09. The van der Waals surface area contributed by atoms with Gasteiger partial charge in [-0.05, 0) is 39.2 Å². The predicted molar refractivity (Wildman–Crippen MR) is 89.5 cm³/mol. The average Bonchev–Trinajstić information content (AvgIpc) is 3.15. The molecule has 132 valence electrons. The molecule has 2 heterocycles. The molecule has 2 aromatic heterocycles. The fourth-order valence-electron chi connectivity index (χ4n) is 3.03. The SMILES string of the molecule is Cc1cc(C)nc(-n2nccc2NC(=O)N[C@@H]2CC[C@H](C(=O)O)C2)n1. The molecule has 0 bridgehead atoms. The van der Waals surface area contributed by atoms with Crippen molar-refractivity contribution in [2.24, 2.45) is 5.92 Å². The van der Waals surface area contributed by atoms with E-state index in [4.69, 9.17) is 5.11 Å².